The van der Waals surface area contributed by atoms with Gasteiger partial charge >= 0.3 is 11.9 Å². The van der Waals surface area contributed by atoms with Crippen LogP contribution in [0, 0.1) is 6.92 Å². The van der Waals surface area contributed by atoms with Gasteiger partial charge in [-0.05, 0) is 50.5 Å². The van der Waals surface area contributed by atoms with Crippen molar-refractivity contribution < 1.29 is 48.0 Å². The van der Waals surface area contributed by atoms with Crippen molar-refractivity contribution in [1.82, 2.24) is 0 Å². The van der Waals surface area contributed by atoms with Crippen LogP contribution in [0.4, 0.5) is 0 Å². The van der Waals surface area contributed by atoms with Gasteiger partial charge in [0.1, 0.15) is 28.9 Å². The molecule has 1 saturated heterocycles. The Hall–Kier alpha value is -3.92. The zero-order valence-electron chi connectivity index (χ0n) is 23.6. The summed E-state index contributed by atoms with van der Waals surface area (Å²) in [6, 6.07) is 4.36. The van der Waals surface area contributed by atoms with Crippen LogP contribution < -0.4 is 14.2 Å². The Morgan fingerprint density at radius 1 is 0.897 bits per heavy atom. The number of ketones is 2. The number of ether oxygens (including phenoxy) is 5. The summed E-state index contributed by atoms with van der Waals surface area (Å²) in [6.45, 7) is 9.50. The Bertz CT molecular complexity index is 1240. The van der Waals surface area contributed by atoms with Gasteiger partial charge in [0.15, 0.2) is 11.6 Å². The van der Waals surface area contributed by atoms with E-state index in [1.54, 1.807) is 6.07 Å². The van der Waals surface area contributed by atoms with Crippen molar-refractivity contribution in [2.45, 2.75) is 59.7 Å². The molecule has 2 aromatic rings. The number of hydrogen-bond acceptors (Lipinski definition) is 9. The number of fused-ring (bicyclic) bond motifs is 2. The number of aromatic carboxylic acids is 1. The molecule has 1 N–H and O–H groups in total. The summed E-state index contributed by atoms with van der Waals surface area (Å²) in [6.07, 6.45) is 2.23. The molecule has 0 saturated carbocycles. The van der Waals surface area contributed by atoms with Gasteiger partial charge in [0.2, 0.25) is 0 Å². The van der Waals surface area contributed by atoms with Crippen molar-refractivity contribution in [3.63, 3.8) is 0 Å². The number of methoxy groups -OCH3 is 3. The summed E-state index contributed by atoms with van der Waals surface area (Å²) >= 11 is 0. The Morgan fingerprint density at radius 2 is 1.44 bits per heavy atom. The SMILES string of the molecule is CC.CC(=O)OC1CC[C@@H](C)OC1.COc1cc2c(c(C)c1C(=O)O)C(=O)c1c(OC)ccc(OC)c1C2=O. The van der Waals surface area contributed by atoms with Gasteiger partial charge in [-0.2, -0.15) is 0 Å². The molecule has 2 atom stereocenters. The number of carboxylic acids is 1. The first-order valence-corrected chi connectivity index (χ1v) is 12.6. The van der Waals surface area contributed by atoms with Crippen LogP contribution in [0.3, 0.4) is 0 Å². The predicted molar refractivity (Wildman–Crippen MR) is 143 cm³/mol. The smallest absolute Gasteiger partial charge is 0.339 e. The van der Waals surface area contributed by atoms with Crippen molar-refractivity contribution in [2.24, 2.45) is 0 Å². The molecule has 1 unspecified atom stereocenters. The van der Waals surface area contributed by atoms with Crippen LogP contribution in [-0.2, 0) is 14.3 Å². The summed E-state index contributed by atoms with van der Waals surface area (Å²) in [5.74, 6) is -1.93. The number of carbonyl (C=O) groups is 4. The molecular weight excluding hydrogens is 508 g/mol. The maximum absolute atomic E-state index is 13.2. The summed E-state index contributed by atoms with van der Waals surface area (Å²) in [4.78, 5) is 48.4. The van der Waals surface area contributed by atoms with Gasteiger partial charge in [0.25, 0.3) is 0 Å². The van der Waals surface area contributed by atoms with Crippen molar-refractivity contribution >= 4 is 23.5 Å². The van der Waals surface area contributed by atoms with E-state index in [0.29, 0.717) is 12.7 Å². The fourth-order valence-corrected chi connectivity index (χ4v) is 4.49. The van der Waals surface area contributed by atoms with Gasteiger partial charge in [-0.1, -0.05) is 13.8 Å². The zero-order valence-corrected chi connectivity index (χ0v) is 23.6. The highest BCUT2D eigenvalue weighted by molar-refractivity contribution is 6.31. The first kappa shape index (κ1) is 31.3. The van der Waals surface area contributed by atoms with Crippen molar-refractivity contribution in [3.8, 4) is 17.2 Å². The minimum absolute atomic E-state index is 0.0105. The lowest BCUT2D eigenvalue weighted by Gasteiger charge is -2.26. The van der Waals surface area contributed by atoms with Crippen LogP contribution in [0.2, 0.25) is 0 Å². The minimum atomic E-state index is -1.24. The standard InChI is InChI=1S/C19H16O7.C8H14O3.C2H6/c1-8-13-9(7-12(26-4)14(8)19(22)23)17(20)15-10(24-2)5-6-11(25-3)16(15)18(13)21;1-6-3-4-8(5-10-6)11-7(2)9;1-2/h5-7H,1-4H3,(H,22,23);6,8H,3-5H2,1-2H3;1-2H3/t;6-,8?;/m.1./s1. The average molecular weight is 545 g/mol. The zero-order chi connectivity index (χ0) is 29.4. The van der Waals surface area contributed by atoms with E-state index < -0.39 is 17.5 Å². The average Bonchev–Trinajstić information content (AvgIpc) is 2.92. The molecule has 4 rings (SSSR count). The van der Waals surface area contributed by atoms with Crippen LogP contribution in [0.1, 0.15) is 88.3 Å². The van der Waals surface area contributed by atoms with Crippen LogP contribution in [0.5, 0.6) is 17.2 Å². The van der Waals surface area contributed by atoms with Crippen LogP contribution in [-0.4, -0.2) is 68.8 Å². The molecule has 10 heteroatoms. The molecule has 0 spiro atoms. The fourth-order valence-electron chi connectivity index (χ4n) is 4.49. The molecule has 2 aliphatic rings. The molecule has 212 valence electrons. The fraction of sp³-hybridized carbons (Fsp3) is 0.448. The highest BCUT2D eigenvalue weighted by Crippen LogP contribution is 2.41. The van der Waals surface area contributed by atoms with Crippen molar-refractivity contribution in [2.75, 3.05) is 27.9 Å². The molecule has 1 heterocycles. The Labute approximate surface area is 228 Å². The van der Waals surface area contributed by atoms with E-state index in [-0.39, 0.29) is 62.7 Å². The van der Waals surface area contributed by atoms with Crippen LogP contribution >= 0.6 is 0 Å². The lowest BCUT2D eigenvalue weighted by Crippen LogP contribution is -2.30. The van der Waals surface area contributed by atoms with Gasteiger partial charge in [-0.25, -0.2) is 4.79 Å². The van der Waals surface area contributed by atoms with Gasteiger partial charge in [-0.15, -0.1) is 0 Å². The maximum Gasteiger partial charge on any atom is 0.339 e. The molecule has 0 amide bonds. The quantitative estimate of drug-likeness (QED) is 0.453. The Balaban J connectivity index is 0.000000343. The normalized spacial score (nSPS) is 17.2. The highest BCUT2D eigenvalue weighted by Gasteiger charge is 2.38. The van der Waals surface area contributed by atoms with E-state index in [9.17, 15) is 24.3 Å². The molecule has 1 aliphatic heterocycles. The van der Waals surface area contributed by atoms with E-state index in [1.165, 1.54) is 47.3 Å². The molecule has 10 nitrogen and oxygen atoms in total. The highest BCUT2D eigenvalue weighted by atomic mass is 16.6. The molecule has 2 aromatic carbocycles. The van der Waals surface area contributed by atoms with E-state index in [0.717, 1.165) is 12.8 Å². The number of carboxylic acid groups (broad SMARTS) is 1. The van der Waals surface area contributed by atoms with Gasteiger partial charge in [0.05, 0.1) is 45.2 Å². The van der Waals surface area contributed by atoms with Gasteiger partial charge in [0, 0.05) is 18.1 Å². The molecule has 0 aromatic heterocycles. The lowest BCUT2D eigenvalue weighted by molar-refractivity contribution is -0.155. The first-order chi connectivity index (χ1) is 18.5. The summed E-state index contributed by atoms with van der Waals surface area (Å²) in [7, 11) is 4.09. The number of benzene rings is 2. The second-order valence-corrected chi connectivity index (χ2v) is 8.64. The third-order valence-electron chi connectivity index (χ3n) is 6.26. The van der Waals surface area contributed by atoms with Crippen molar-refractivity contribution in [3.05, 3.63) is 51.6 Å². The van der Waals surface area contributed by atoms with Gasteiger partial charge in [-0.3, -0.25) is 14.4 Å². The molecule has 1 fully saturated rings. The largest absolute Gasteiger partial charge is 0.496 e. The number of rotatable bonds is 5. The van der Waals surface area contributed by atoms with E-state index in [1.807, 2.05) is 20.8 Å². The summed E-state index contributed by atoms with van der Waals surface area (Å²) in [5.41, 5.74) is 0.280. The molecule has 0 bridgehead atoms. The monoisotopic (exact) mass is 544 g/mol. The number of hydrogen-bond donors (Lipinski definition) is 1. The second kappa shape index (κ2) is 13.7. The third kappa shape index (κ3) is 6.57. The van der Waals surface area contributed by atoms with Gasteiger partial charge < -0.3 is 28.8 Å². The number of carbonyl (C=O) groups excluding carboxylic acids is 3. The number of esters is 1. The van der Waals surface area contributed by atoms with Crippen molar-refractivity contribution in [1.29, 1.82) is 0 Å². The molecule has 39 heavy (non-hydrogen) atoms. The first-order valence-electron chi connectivity index (χ1n) is 12.6. The van der Waals surface area contributed by atoms with Crippen LogP contribution in [0.15, 0.2) is 18.2 Å². The Kier molecular flexibility index (Phi) is 11.0. The van der Waals surface area contributed by atoms with E-state index >= 15 is 0 Å². The molecule has 1 aliphatic carbocycles. The lowest BCUT2D eigenvalue weighted by atomic mass is 9.79. The second-order valence-electron chi connectivity index (χ2n) is 8.64. The molecule has 0 radical (unpaired) electrons. The topological polar surface area (TPSA) is 135 Å². The Morgan fingerprint density at radius 3 is 1.87 bits per heavy atom. The predicted octanol–water partition coefficient (Wildman–Crippen LogP) is 4.64. The minimum Gasteiger partial charge on any atom is -0.496 e. The third-order valence-corrected chi connectivity index (χ3v) is 6.26. The van der Waals surface area contributed by atoms with E-state index in [2.05, 4.69) is 0 Å². The summed E-state index contributed by atoms with van der Waals surface area (Å²) in [5, 5.41) is 9.49. The van der Waals surface area contributed by atoms with Crippen LogP contribution in [0.25, 0.3) is 0 Å². The summed E-state index contributed by atoms with van der Waals surface area (Å²) < 4.78 is 25.9. The van der Waals surface area contributed by atoms with E-state index in [4.69, 9.17) is 23.7 Å². The molecular formula is C29H36O10. The maximum atomic E-state index is 13.2.